The average molecular weight is 276 g/mol. The molecule has 17 heavy (non-hydrogen) atoms. The molecule has 0 heterocycles. The van der Waals surface area contributed by atoms with Crippen LogP contribution in [-0.2, 0) is 6.42 Å². The highest BCUT2D eigenvalue weighted by molar-refractivity contribution is 6.42. The molecule has 1 unspecified atom stereocenters. The number of hydrogen-bond acceptors (Lipinski definition) is 2. The summed E-state index contributed by atoms with van der Waals surface area (Å²) in [6, 6.07) is 5.54. The second-order valence-electron chi connectivity index (χ2n) is 4.80. The summed E-state index contributed by atoms with van der Waals surface area (Å²) < 4.78 is 0. The summed E-state index contributed by atoms with van der Waals surface area (Å²) in [5.41, 5.74) is 6.57. The van der Waals surface area contributed by atoms with Crippen molar-refractivity contribution in [3.63, 3.8) is 0 Å². The smallest absolute Gasteiger partial charge is 0.0595 e. The molecule has 0 aliphatic carbocycles. The van der Waals surface area contributed by atoms with Crippen LogP contribution in [-0.4, -0.2) is 18.3 Å². The number of aliphatic hydroxyl groups excluding tert-OH is 1. The fourth-order valence-corrected chi connectivity index (χ4v) is 2.19. The number of benzene rings is 1. The maximum Gasteiger partial charge on any atom is 0.0595 e. The minimum Gasteiger partial charge on any atom is -0.396 e. The molecule has 0 spiro atoms. The van der Waals surface area contributed by atoms with Crippen molar-refractivity contribution in [3.05, 3.63) is 33.8 Å². The van der Waals surface area contributed by atoms with E-state index in [0.717, 1.165) is 5.56 Å². The zero-order valence-corrected chi connectivity index (χ0v) is 11.7. The maximum absolute atomic E-state index is 9.59. The molecular formula is C13H19Cl2NO. The predicted molar refractivity (Wildman–Crippen MR) is 73.6 cm³/mol. The van der Waals surface area contributed by atoms with Crippen molar-refractivity contribution < 1.29 is 5.11 Å². The van der Waals surface area contributed by atoms with Crippen molar-refractivity contribution in [2.24, 2.45) is 17.1 Å². The summed E-state index contributed by atoms with van der Waals surface area (Å²) in [4.78, 5) is 0. The molecule has 4 heteroatoms. The highest BCUT2D eigenvalue weighted by Gasteiger charge is 2.32. The SMILES string of the molecule is CC(C)C(CN)(CO)Cc1ccc(Cl)c(Cl)c1. The summed E-state index contributed by atoms with van der Waals surface area (Å²) >= 11 is 11.9. The highest BCUT2D eigenvalue weighted by Crippen LogP contribution is 2.32. The Kier molecular flexibility index (Phi) is 5.26. The van der Waals surface area contributed by atoms with Gasteiger partial charge in [-0.15, -0.1) is 0 Å². The molecule has 1 aromatic carbocycles. The summed E-state index contributed by atoms with van der Waals surface area (Å²) in [5, 5.41) is 10.7. The zero-order chi connectivity index (χ0) is 13.1. The Bertz CT molecular complexity index is 376. The topological polar surface area (TPSA) is 46.2 Å². The van der Waals surface area contributed by atoms with E-state index < -0.39 is 0 Å². The van der Waals surface area contributed by atoms with E-state index in [1.54, 1.807) is 6.07 Å². The lowest BCUT2D eigenvalue weighted by molar-refractivity contribution is 0.0843. The van der Waals surface area contributed by atoms with Gasteiger partial charge in [0.05, 0.1) is 16.7 Å². The van der Waals surface area contributed by atoms with E-state index in [4.69, 9.17) is 28.9 Å². The Hall–Kier alpha value is -0.280. The molecule has 0 radical (unpaired) electrons. The standard InChI is InChI=1S/C13H19Cl2NO/c1-9(2)13(7-16,8-17)6-10-3-4-11(14)12(15)5-10/h3-5,9,17H,6-8,16H2,1-2H3. The Morgan fingerprint density at radius 3 is 2.35 bits per heavy atom. The van der Waals surface area contributed by atoms with Gasteiger partial charge in [0, 0.05) is 12.0 Å². The number of aliphatic hydroxyl groups is 1. The van der Waals surface area contributed by atoms with Crippen LogP contribution in [0.15, 0.2) is 18.2 Å². The van der Waals surface area contributed by atoms with Crippen molar-refractivity contribution in [1.29, 1.82) is 0 Å². The monoisotopic (exact) mass is 275 g/mol. The van der Waals surface area contributed by atoms with Crippen LogP contribution in [0, 0.1) is 11.3 Å². The molecule has 1 atom stereocenters. The van der Waals surface area contributed by atoms with Crippen LogP contribution in [0.1, 0.15) is 19.4 Å². The molecular weight excluding hydrogens is 257 g/mol. The van der Waals surface area contributed by atoms with E-state index >= 15 is 0 Å². The fraction of sp³-hybridized carbons (Fsp3) is 0.538. The van der Waals surface area contributed by atoms with Crippen LogP contribution in [0.5, 0.6) is 0 Å². The average Bonchev–Trinajstić information content (AvgIpc) is 2.30. The third kappa shape index (κ3) is 3.35. The van der Waals surface area contributed by atoms with E-state index in [1.807, 2.05) is 12.1 Å². The van der Waals surface area contributed by atoms with Crippen LogP contribution in [0.25, 0.3) is 0 Å². The first-order valence-electron chi connectivity index (χ1n) is 5.70. The number of rotatable bonds is 5. The van der Waals surface area contributed by atoms with Gasteiger partial charge in [-0.2, -0.15) is 0 Å². The van der Waals surface area contributed by atoms with Crippen molar-refractivity contribution in [2.75, 3.05) is 13.2 Å². The van der Waals surface area contributed by atoms with Crippen molar-refractivity contribution in [3.8, 4) is 0 Å². The van der Waals surface area contributed by atoms with Crippen molar-refractivity contribution in [1.82, 2.24) is 0 Å². The molecule has 0 saturated heterocycles. The van der Waals surface area contributed by atoms with Crippen LogP contribution in [0.2, 0.25) is 10.0 Å². The van der Waals surface area contributed by atoms with Crippen LogP contribution >= 0.6 is 23.2 Å². The molecule has 96 valence electrons. The van der Waals surface area contributed by atoms with Crippen LogP contribution < -0.4 is 5.73 Å². The Balaban J connectivity index is 2.97. The lowest BCUT2D eigenvalue weighted by atomic mass is 9.73. The Morgan fingerprint density at radius 1 is 1.29 bits per heavy atom. The molecule has 0 aliphatic rings. The molecule has 0 aliphatic heterocycles. The Morgan fingerprint density at radius 2 is 1.94 bits per heavy atom. The van der Waals surface area contributed by atoms with Gasteiger partial charge in [-0.25, -0.2) is 0 Å². The summed E-state index contributed by atoms with van der Waals surface area (Å²) in [5.74, 6) is 0.298. The second kappa shape index (κ2) is 6.05. The third-order valence-electron chi connectivity index (χ3n) is 3.49. The maximum atomic E-state index is 9.59. The van der Waals surface area contributed by atoms with Crippen molar-refractivity contribution >= 4 is 23.2 Å². The highest BCUT2D eigenvalue weighted by atomic mass is 35.5. The van der Waals surface area contributed by atoms with E-state index in [2.05, 4.69) is 13.8 Å². The van der Waals surface area contributed by atoms with E-state index in [9.17, 15) is 5.11 Å². The number of nitrogens with two attached hydrogens (primary N) is 1. The molecule has 0 saturated carbocycles. The van der Waals surface area contributed by atoms with Gasteiger partial charge in [-0.1, -0.05) is 43.1 Å². The molecule has 1 aromatic rings. The minimum atomic E-state index is -0.294. The normalized spacial score (nSPS) is 15.0. The van der Waals surface area contributed by atoms with E-state index in [-0.39, 0.29) is 12.0 Å². The largest absolute Gasteiger partial charge is 0.396 e. The van der Waals surface area contributed by atoms with Gasteiger partial charge in [-0.3, -0.25) is 0 Å². The molecule has 1 rings (SSSR count). The van der Waals surface area contributed by atoms with E-state index in [1.165, 1.54) is 0 Å². The first-order valence-corrected chi connectivity index (χ1v) is 6.45. The van der Waals surface area contributed by atoms with Gasteiger partial charge >= 0.3 is 0 Å². The molecule has 3 N–H and O–H groups in total. The summed E-state index contributed by atoms with van der Waals surface area (Å²) in [7, 11) is 0. The quantitative estimate of drug-likeness (QED) is 0.868. The first-order chi connectivity index (χ1) is 7.95. The molecule has 0 fully saturated rings. The van der Waals surface area contributed by atoms with Crippen LogP contribution in [0.4, 0.5) is 0 Å². The molecule has 2 nitrogen and oxygen atoms in total. The van der Waals surface area contributed by atoms with E-state index in [0.29, 0.717) is 28.9 Å². The minimum absolute atomic E-state index is 0.0708. The molecule has 0 aromatic heterocycles. The fourth-order valence-electron chi connectivity index (χ4n) is 1.87. The van der Waals surface area contributed by atoms with Crippen LogP contribution in [0.3, 0.4) is 0 Å². The first kappa shape index (κ1) is 14.8. The molecule has 0 bridgehead atoms. The van der Waals surface area contributed by atoms with Gasteiger partial charge < -0.3 is 10.8 Å². The van der Waals surface area contributed by atoms with Gasteiger partial charge in [-0.05, 0) is 30.0 Å². The zero-order valence-electron chi connectivity index (χ0n) is 10.2. The van der Waals surface area contributed by atoms with Gasteiger partial charge in [0.25, 0.3) is 0 Å². The predicted octanol–water partition coefficient (Wildman–Crippen LogP) is 3.13. The van der Waals surface area contributed by atoms with Gasteiger partial charge in [0.2, 0.25) is 0 Å². The third-order valence-corrected chi connectivity index (χ3v) is 4.23. The van der Waals surface area contributed by atoms with Gasteiger partial charge in [0.1, 0.15) is 0 Å². The van der Waals surface area contributed by atoms with Gasteiger partial charge in [0.15, 0.2) is 0 Å². The van der Waals surface area contributed by atoms with Crippen molar-refractivity contribution in [2.45, 2.75) is 20.3 Å². The summed E-state index contributed by atoms with van der Waals surface area (Å²) in [6.45, 7) is 4.66. The lowest BCUT2D eigenvalue weighted by Crippen LogP contribution is -2.41. The Labute approximate surface area is 113 Å². The number of hydrogen-bond donors (Lipinski definition) is 2. The lowest BCUT2D eigenvalue weighted by Gasteiger charge is -2.35. The number of halogens is 2. The summed E-state index contributed by atoms with van der Waals surface area (Å²) in [6.07, 6.45) is 0.703. The second-order valence-corrected chi connectivity index (χ2v) is 5.62. The molecule has 0 amide bonds.